The highest BCUT2D eigenvalue weighted by Crippen LogP contribution is 2.44. The zero-order chi connectivity index (χ0) is 29.0. The molecule has 0 amide bonds. The number of hydrogen-bond acceptors (Lipinski definition) is 10. The fraction of sp³-hybridized carbons (Fsp3) is 0.476. The van der Waals surface area contributed by atoms with E-state index in [0.29, 0.717) is 11.9 Å². The first-order chi connectivity index (χ1) is 18.1. The molecule has 0 unspecified atom stereocenters. The van der Waals surface area contributed by atoms with E-state index in [0.717, 1.165) is 15.5 Å². The molecule has 0 N–H and O–H groups in total. The standard InChI is InChI=1S/C21H25BrF3N5O7S2/c1-38(33,34)37-13-12-28(7-5-22)20-17(21(23,24)25)14-16(30(31)32)15-18(20)39(35,36)29-10-8-27(9-11-29)19-4-2-3-6-26-19/h2-4,6,14-15H,5,7-13H2,1H3. The predicted molar refractivity (Wildman–Crippen MR) is 140 cm³/mol. The van der Waals surface area contributed by atoms with Gasteiger partial charge in [0.05, 0.1) is 29.0 Å². The van der Waals surface area contributed by atoms with Crippen molar-refractivity contribution in [3.8, 4) is 0 Å². The first-order valence-electron chi connectivity index (χ1n) is 11.4. The second kappa shape index (κ2) is 12.3. The molecule has 2 aromatic rings. The fourth-order valence-corrected chi connectivity index (χ4v) is 6.49. The smallest absolute Gasteiger partial charge is 0.367 e. The third-order valence-electron chi connectivity index (χ3n) is 5.73. The summed E-state index contributed by atoms with van der Waals surface area (Å²) in [6, 6.07) is 6.07. The molecule has 3 rings (SSSR count). The molecular weight excluding hydrogens is 635 g/mol. The van der Waals surface area contributed by atoms with Crippen LogP contribution in [0, 0.1) is 10.1 Å². The van der Waals surface area contributed by atoms with Crippen LogP contribution in [0.15, 0.2) is 41.4 Å². The minimum atomic E-state index is -5.18. The summed E-state index contributed by atoms with van der Waals surface area (Å²) in [6.45, 7) is -1.09. The topological polar surface area (TPSA) is 143 Å². The van der Waals surface area contributed by atoms with Gasteiger partial charge in [-0.1, -0.05) is 22.0 Å². The minimum absolute atomic E-state index is 0.0718. The van der Waals surface area contributed by atoms with Gasteiger partial charge >= 0.3 is 6.18 Å². The highest BCUT2D eigenvalue weighted by Gasteiger charge is 2.42. The SMILES string of the molecule is CS(=O)(=O)OCCN(CCBr)c1c(C(F)(F)F)cc([N+](=O)[O-])cc1S(=O)(=O)N1CCN(c2ccccn2)CC1. The molecule has 1 fully saturated rings. The molecule has 216 valence electrons. The second-order valence-corrected chi connectivity index (χ2v) is 12.7. The number of hydrogen-bond donors (Lipinski definition) is 0. The number of non-ortho nitro benzene ring substituents is 1. The molecule has 1 aliphatic heterocycles. The van der Waals surface area contributed by atoms with Gasteiger partial charge in [-0.15, -0.1) is 0 Å². The Balaban J connectivity index is 2.10. The monoisotopic (exact) mass is 659 g/mol. The molecule has 39 heavy (non-hydrogen) atoms. The average molecular weight is 660 g/mol. The summed E-state index contributed by atoms with van der Waals surface area (Å²) in [5, 5.41) is 11.6. The van der Waals surface area contributed by atoms with E-state index < -0.39 is 66.2 Å². The number of aromatic nitrogens is 1. The van der Waals surface area contributed by atoms with Crippen LogP contribution in [0.3, 0.4) is 0 Å². The third kappa shape index (κ3) is 7.77. The van der Waals surface area contributed by atoms with E-state index in [1.54, 1.807) is 29.3 Å². The van der Waals surface area contributed by atoms with E-state index in [4.69, 9.17) is 0 Å². The van der Waals surface area contributed by atoms with Crippen LogP contribution in [0.4, 0.5) is 30.4 Å². The molecule has 18 heteroatoms. The Morgan fingerprint density at radius 1 is 1.13 bits per heavy atom. The molecule has 1 aromatic carbocycles. The normalized spacial score (nSPS) is 15.4. The number of anilines is 2. The number of sulfonamides is 1. The van der Waals surface area contributed by atoms with Gasteiger partial charge in [0.2, 0.25) is 10.0 Å². The molecule has 2 heterocycles. The highest BCUT2D eigenvalue weighted by atomic mass is 79.9. The van der Waals surface area contributed by atoms with Gasteiger partial charge in [0, 0.05) is 62.9 Å². The van der Waals surface area contributed by atoms with E-state index in [2.05, 4.69) is 25.1 Å². The maximum Gasteiger partial charge on any atom is 0.418 e. The molecule has 0 bridgehead atoms. The molecule has 0 saturated carbocycles. The van der Waals surface area contributed by atoms with Crippen molar-refractivity contribution < 1.29 is 39.1 Å². The van der Waals surface area contributed by atoms with Crippen LogP contribution in [0.2, 0.25) is 0 Å². The number of pyridine rings is 1. The van der Waals surface area contributed by atoms with Crippen molar-refractivity contribution in [3.05, 3.63) is 52.2 Å². The number of halogens is 4. The highest BCUT2D eigenvalue weighted by molar-refractivity contribution is 9.09. The van der Waals surface area contributed by atoms with Crippen molar-refractivity contribution >= 4 is 53.3 Å². The van der Waals surface area contributed by atoms with E-state index >= 15 is 0 Å². The summed E-state index contributed by atoms with van der Waals surface area (Å²) in [5.41, 5.74) is -3.41. The Labute approximate surface area is 231 Å². The summed E-state index contributed by atoms with van der Waals surface area (Å²) in [6.07, 6.45) is -2.85. The van der Waals surface area contributed by atoms with Gasteiger partial charge in [0.1, 0.15) is 10.7 Å². The number of nitro benzene ring substituents is 1. The zero-order valence-corrected chi connectivity index (χ0v) is 23.8. The van der Waals surface area contributed by atoms with Crippen molar-refractivity contribution in [2.45, 2.75) is 11.1 Å². The second-order valence-electron chi connectivity index (χ2n) is 8.38. The number of piperazine rings is 1. The molecule has 12 nitrogen and oxygen atoms in total. The van der Waals surface area contributed by atoms with Crippen LogP contribution in [-0.2, 0) is 30.5 Å². The number of nitro groups is 1. The lowest BCUT2D eigenvalue weighted by Crippen LogP contribution is -2.49. The number of alkyl halides is 4. The van der Waals surface area contributed by atoms with E-state index in [1.165, 1.54) is 0 Å². The Bertz CT molecular complexity index is 1390. The number of benzene rings is 1. The Kier molecular flexibility index (Phi) is 9.79. The lowest BCUT2D eigenvalue weighted by molar-refractivity contribution is -0.385. The summed E-state index contributed by atoms with van der Waals surface area (Å²) >= 11 is 3.11. The molecule has 0 aliphatic carbocycles. The van der Waals surface area contributed by atoms with Crippen molar-refractivity contribution in [1.82, 2.24) is 9.29 Å². The van der Waals surface area contributed by atoms with Gasteiger partial charge in [-0.2, -0.15) is 25.9 Å². The largest absolute Gasteiger partial charge is 0.418 e. The minimum Gasteiger partial charge on any atom is -0.367 e. The number of rotatable bonds is 11. The van der Waals surface area contributed by atoms with Gasteiger partial charge in [-0.25, -0.2) is 13.4 Å². The van der Waals surface area contributed by atoms with Crippen molar-refractivity contribution in [2.75, 3.05) is 67.3 Å². The molecule has 0 spiro atoms. The van der Waals surface area contributed by atoms with Gasteiger partial charge in [0.25, 0.3) is 15.8 Å². The van der Waals surface area contributed by atoms with Crippen molar-refractivity contribution in [3.63, 3.8) is 0 Å². The Morgan fingerprint density at radius 2 is 1.79 bits per heavy atom. The van der Waals surface area contributed by atoms with E-state index in [-0.39, 0.29) is 44.1 Å². The van der Waals surface area contributed by atoms with Crippen LogP contribution < -0.4 is 9.80 Å². The Hall–Kier alpha value is -2.54. The summed E-state index contributed by atoms with van der Waals surface area (Å²) in [5.74, 6) is 0.597. The van der Waals surface area contributed by atoms with Gasteiger partial charge in [-0.05, 0) is 12.1 Å². The molecule has 0 radical (unpaired) electrons. The van der Waals surface area contributed by atoms with Crippen LogP contribution >= 0.6 is 15.9 Å². The molecule has 1 saturated heterocycles. The van der Waals surface area contributed by atoms with Crippen LogP contribution in [0.5, 0.6) is 0 Å². The van der Waals surface area contributed by atoms with Crippen LogP contribution in [0.1, 0.15) is 5.56 Å². The predicted octanol–water partition coefficient (Wildman–Crippen LogP) is 2.70. The summed E-state index contributed by atoms with van der Waals surface area (Å²) in [7, 11) is -8.63. The molecule has 1 aromatic heterocycles. The van der Waals surface area contributed by atoms with Crippen LogP contribution in [0.25, 0.3) is 0 Å². The lowest BCUT2D eigenvalue weighted by Gasteiger charge is -2.36. The first-order valence-corrected chi connectivity index (χ1v) is 15.7. The van der Waals surface area contributed by atoms with Crippen LogP contribution in [-0.4, -0.2) is 88.5 Å². The van der Waals surface area contributed by atoms with Crippen molar-refractivity contribution in [1.29, 1.82) is 0 Å². The molecule has 0 atom stereocenters. The average Bonchev–Trinajstić information content (AvgIpc) is 2.86. The van der Waals surface area contributed by atoms with Gasteiger partial charge in [0.15, 0.2) is 0 Å². The van der Waals surface area contributed by atoms with E-state index in [9.17, 15) is 40.1 Å². The van der Waals surface area contributed by atoms with E-state index in [1.807, 2.05) is 0 Å². The maximum atomic E-state index is 14.2. The summed E-state index contributed by atoms with van der Waals surface area (Å²) in [4.78, 5) is 16.5. The van der Waals surface area contributed by atoms with Crippen molar-refractivity contribution in [2.24, 2.45) is 0 Å². The number of nitrogens with zero attached hydrogens (tertiary/aromatic N) is 5. The Morgan fingerprint density at radius 3 is 2.31 bits per heavy atom. The van der Waals surface area contributed by atoms with Gasteiger partial charge < -0.3 is 9.80 Å². The first kappa shape index (κ1) is 31.0. The zero-order valence-electron chi connectivity index (χ0n) is 20.5. The molecule has 1 aliphatic rings. The third-order valence-corrected chi connectivity index (χ3v) is 8.60. The lowest BCUT2D eigenvalue weighted by atomic mass is 10.1. The quantitative estimate of drug-likeness (QED) is 0.153. The molecular formula is C21H25BrF3N5O7S2. The summed E-state index contributed by atoms with van der Waals surface area (Å²) < 4.78 is 98.7. The fourth-order valence-electron chi connectivity index (χ4n) is 4.01. The maximum absolute atomic E-state index is 14.2. The van der Waals surface area contributed by atoms with Gasteiger partial charge in [-0.3, -0.25) is 14.3 Å².